The average Bonchev–Trinajstić information content (AvgIpc) is 2.82. The summed E-state index contributed by atoms with van der Waals surface area (Å²) in [5, 5.41) is 65.2. The van der Waals surface area contributed by atoms with Crippen LogP contribution in [0.4, 0.5) is 0 Å². The first-order valence-electron chi connectivity index (χ1n) is 12.1. The lowest BCUT2D eigenvalue weighted by Gasteiger charge is -2.49. The van der Waals surface area contributed by atoms with Crippen LogP contribution in [0.5, 0.6) is 0 Å². The van der Waals surface area contributed by atoms with Crippen LogP contribution in [0.15, 0.2) is 0 Å². The van der Waals surface area contributed by atoms with Crippen LogP contribution in [0, 0.1) is 11.8 Å². The molecule has 2 aliphatic heterocycles. The van der Waals surface area contributed by atoms with Gasteiger partial charge in [0, 0.05) is 12.0 Å². The molecule has 0 amide bonds. The lowest BCUT2D eigenvalue weighted by Crippen LogP contribution is -2.66. The maximum atomic E-state index is 11.3. The highest BCUT2D eigenvalue weighted by molar-refractivity contribution is 4.99. The fourth-order valence-corrected chi connectivity index (χ4v) is 5.20. The van der Waals surface area contributed by atoms with Crippen molar-refractivity contribution in [3.8, 4) is 0 Å². The van der Waals surface area contributed by atoms with Gasteiger partial charge in [-0.1, -0.05) is 20.8 Å². The van der Waals surface area contributed by atoms with Crippen molar-refractivity contribution in [1.82, 2.24) is 5.32 Å². The molecule has 34 heavy (non-hydrogen) atoms. The minimum Gasteiger partial charge on any atom is -0.394 e. The lowest BCUT2D eigenvalue weighted by molar-refractivity contribution is -0.329. The number of nitrogens with two attached hydrogens (primary N) is 1. The molecule has 0 aromatic heterocycles. The Labute approximate surface area is 199 Å². The Bertz CT molecular complexity index is 643. The zero-order valence-corrected chi connectivity index (χ0v) is 20.2. The van der Waals surface area contributed by atoms with E-state index >= 15 is 0 Å². The molecule has 2 saturated heterocycles. The number of likely N-dealkylation sites (N-methyl/N-ethyl adjacent to an activating group) is 1. The molecule has 3 fully saturated rings. The third-order valence-electron chi connectivity index (χ3n) is 7.56. The summed E-state index contributed by atoms with van der Waals surface area (Å²) < 4.78 is 23.6. The molecule has 0 spiro atoms. The highest BCUT2D eigenvalue weighted by atomic mass is 16.7. The smallest absolute Gasteiger partial charge is 0.186 e. The number of aliphatic hydroxyl groups excluding tert-OH is 6. The zero-order chi connectivity index (χ0) is 25.3. The topological polar surface area (TPSA) is 196 Å². The lowest BCUT2D eigenvalue weighted by atomic mass is 9.80. The van der Waals surface area contributed by atoms with Crippen molar-refractivity contribution in [2.75, 3.05) is 13.7 Å². The van der Waals surface area contributed by atoms with Gasteiger partial charge in [-0.2, -0.15) is 0 Å². The van der Waals surface area contributed by atoms with Gasteiger partial charge in [0.2, 0.25) is 0 Å². The largest absolute Gasteiger partial charge is 0.394 e. The van der Waals surface area contributed by atoms with E-state index in [2.05, 4.69) is 5.32 Å². The second kappa shape index (κ2) is 11.7. The second-order valence-electron chi connectivity index (χ2n) is 9.88. The Kier molecular flexibility index (Phi) is 9.68. The molecular formula is C22H42N2O10. The maximum absolute atomic E-state index is 11.3. The number of hydrogen-bond donors (Lipinski definition) is 8. The van der Waals surface area contributed by atoms with Gasteiger partial charge >= 0.3 is 0 Å². The number of rotatable bonds is 7. The molecule has 3 rings (SSSR count). The average molecular weight is 495 g/mol. The van der Waals surface area contributed by atoms with Crippen molar-refractivity contribution in [2.24, 2.45) is 17.6 Å². The standard InChI is InChI=1S/C22H42N2O10/c1-5-11-16(28)14(26)9(3)21(31-11)33-19-8(2)6-10(24-4)20(18(19)30)34-22-17(29)13(23)15(27)12(7-25)32-22/h8-22,24-30H,5-7,23H2,1-4H3/t8-,9+,10+,11+,12+,13-,14+,15+,16+,17+,18-,19?,20-,21+,22+/m0/s1. The SMILES string of the molecule is CC[C@H]1O[C@H](OC2[C@@H](C)C[C@@H](NC)[C@H](O[C@H]3O[C@H](CO)[C@@H](O)[C@H](N)[C@H]3O)[C@H]2O)[C@H](C)[C@@H](O)[C@@H]1O. The summed E-state index contributed by atoms with van der Waals surface area (Å²) in [6.07, 6.45) is -10.3. The molecule has 1 saturated carbocycles. The Morgan fingerprint density at radius 1 is 0.853 bits per heavy atom. The van der Waals surface area contributed by atoms with Crippen molar-refractivity contribution in [2.45, 2.75) is 113 Å². The van der Waals surface area contributed by atoms with Crippen LogP contribution in [0.3, 0.4) is 0 Å². The summed E-state index contributed by atoms with van der Waals surface area (Å²) >= 11 is 0. The van der Waals surface area contributed by atoms with E-state index in [9.17, 15) is 30.6 Å². The minimum atomic E-state index is -1.38. The Morgan fingerprint density at radius 2 is 1.47 bits per heavy atom. The molecule has 1 aliphatic carbocycles. The Morgan fingerprint density at radius 3 is 2.06 bits per heavy atom. The van der Waals surface area contributed by atoms with E-state index in [-0.39, 0.29) is 12.0 Å². The van der Waals surface area contributed by atoms with Gasteiger partial charge in [0.05, 0.1) is 31.0 Å². The monoisotopic (exact) mass is 494 g/mol. The van der Waals surface area contributed by atoms with Crippen molar-refractivity contribution in [3.63, 3.8) is 0 Å². The first kappa shape index (κ1) is 28.1. The summed E-state index contributed by atoms with van der Waals surface area (Å²) in [6.45, 7) is 4.95. The molecular weight excluding hydrogens is 452 g/mol. The molecule has 3 aliphatic rings. The Hall–Kier alpha value is -0.480. The molecule has 0 radical (unpaired) electrons. The molecule has 1 unspecified atom stereocenters. The van der Waals surface area contributed by atoms with Crippen LogP contribution in [0.2, 0.25) is 0 Å². The van der Waals surface area contributed by atoms with Crippen LogP contribution in [0.25, 0.3) is 0 Å². The molecule has 12 heteroatoms. The predicted molar refractivity (Wildman–Crippen MR) is 118 cm³/mol. The van der Waals surface area contributed by atoms with Crippen LogP contribution in [-0.2, 0) is 18.9 Å². The van der Waals surface area contributed by atoms with Crippen molar-refractivity contribution >= 4 is 0 Å². The highest BCUT2D eigenvalue weighted by Gasteiger charge is 2.51. The molecule has 0 aromatic rings. The fraction of sp³-hybridized carbons (Fsp3) is 1.00. The van der Waals surface area contributed by atoms with Crippen molar-refractivity contribution < 1.29 is 49.6 Å². The van der Waals surface area contributed by atoms with Gasteiger partial charge in [-0.3, -0.25) is 0 Å². The van der Waals surface area contributed by atoms with E-state index in [1.54, 1.807) is 14.0 Å². The molecule has 9 N–H and O–H groups in total. The summed E-state index contributed by atoms with van der Waals surface area (Å²) in [5.74, 6) is -0.662. The van der Waals surface area contributed by atoms with Gasteiger partial charge in [0.25, 0.3) is 0 Å². The summed E-state index contributed by atoms with van der Waals surface area (Å²) in [7, 11) is 1.72. The van der Waals surface area contributed by atoms with Gasteiger partial charge in [-0.25, -0.2) is 0 Å². The van der Waals surface area contributed by atoms with E-state index in [1.807, 2.05) is 13.8 Å². The normalized spacial score (nSPS) is 52.5. The number of aliphatic hydroxyl groups is 6. The van der Waals surface area contributed by atoms with Gasteiger partial charge in [-0.05, 0) is 25.8 Å². The molecule has 200 valence electrons. The van der Waals surface area contributed by atoms with Crippen molar-refractivity contribution in [3.05, 3.63) is 0 Å². The third-order valence-corrected chi connectivity index (χ3v) is 7.56. The van der Waals surface area contributed by atoms with E-state index in [4.69, 9.17) is 24.7 Å². The van der Waals surface area contributed by atoms with Gasteiger partial charge in [-0.15, -0.1) is 0 Å². The summed E-state index contributed by atoms with van der Waals surface area (Å²) in [5.41, 5.74) is 5.89. The Balaban J connectivity index is 1.76. The quantitative estimate of drug-likeness (QED) is 0.179. The number of ether oxygens (including phenoxy) is 4. The second-order valence-corrected chi connectivity index (χ2v) is 9.88. The van der Waals surface area contributed by atoms with Crippen LogP contribution < -0.4 is 11.1 Å². The van der Waals surface area contributed by atoms with Gasteiger partial charge in [0.15, 0.2) is 12.6 Å². The zero-order valence-electron chi connectivity index (χ0n) is 20.2. The predicted octanol–water partition coefficient (Wildman–Crippen LogP) is -3.00. The van der Waals surface area contributed by atoms with Crippen LogP contribution >= 0.6 is 0 Å². The van der Waals surface area contributed by atoms with Crippen molar-refractivity contribution in [1.29, 1.82) is 0 Å². The minimum absolute atomic E-state index is 0.126. The summed E-state index contributed by atoms with van der Waals surface area (Å²) in [6, 6.07) is -1.43. The molecule has 12 nitrogen and oxygen atoms in total. The van der Waals surface area contributed by atoms with E-state index < -0.39 is 86.1 Å². The van der Waals surface area contributed by atoms with Crippen LogP contribution in [0.1, 0.15) is 33.6 Å². The van der Waals surface area contributed by atoms with E-state index in [0.29, 0.717) is 12.8 Å². The fourth-order valence-electron chi connectivity index (χ4n) is 5.20. The van der Waals surface area contributed by atoms with Crippen LogP contribution in [-0.4, -0.2) is 124 Å². The first-order valence-corrected chi connectivity index (χ1v) is 12.1. The first-order chi connectivity index (χ1) is 16.0. The molecule has 0 bridgehead atoms. The summed E-state index contributed by atoms with van der Waals surface area (Å²) in [4.78, 5) is 0. The molecule has 15 atom stereocenters. The molecule has 2 heterocycles. The highest BCUT2D eigenvalue weighted by Crippen LogP contribution is 2.36. The number of nitrogens with one attached hydrogen (secondary N) is 1. The van der Waals surface area contributed by atoms with E-state index in [0.717, 1.165) is 0 Å². The van der Waals surface area contributed by atoms with E-state index in [1.165, 1.54) is 0 Å². The third kappa shape index (κ3) is 5.43. The van der Waals surface area contributed by atoms with Gasteiger partial charge < -0.3 is 60.6 Å². The number of hydrogen-bond acceptors (Lipinski definition) is 12. The van der Waals surface area contributed by atoms with Gasteiger partial charge in [0.1, 0.15) is 36.6 Å². The maximum Gasteiger partial charge on any atom is 0.186 e. The molecule has 0 aromatic carbocycles.